The largest absolute Gasteiger partial charge is 0.288 e. The molecule has 0 aliphatic heterocycles. The third-order valence-corrected chi connectivity index (χ3v) is 4.79. The second kappa shape index (κ2) is 5.64. The van der Waals surface area contributed by atoms with Gasteiger partial charge < -0.3 is 0 Å². The van der Waals surface area contributed by atoms with Gasteiger partial charge in [0.05, 0.1) is 11.3 Å². The smallest absolute Gasteiger partial charge is 0.278 e. The first-order chi connectivity index (χ1) is 12.3. The zero-order valence-electron chi connectivity index (χ0n) is 14.7. The standard InChI is InChI=1S/C21H17ClN2O2/c1-21(2,3)19-16-17(14-6-4-5-7-15(14)18(16)25)23-24(19)20(26)12-8-10-13(22)11-9-12/h4-11H,1-3H3. The molecule has 0 fully saturated rings. The molecule has 0 saturated heterocycles. The summed E-state index contributed by atoms with van der Waals surface area (Å²) in [4.78, 5) is 26.1. The zero-order chi connectivity index (χ0) is 18.6. The fourth-order valence-electron chi connectivity index (χ4n) is 3.40. The van der Waals surface area contributed by atoms with E-state index in [2.05, 4.69) is 5.10 Å². The van der Waals surface area contributed by atoms with Crippen LogP contribution in [-0.2, 0) is 5.41 Å². The van der Waals surface area contributed by atoms with E-state index >= 15 is 0 Å². The monoisotopic (exact) mass is 364 g/mol. The molecule has 3 aromatic rings. The Morgan fingerprint density at radius 1 is 1.00 bits per heavy atom. The van der Waals surface area contributed by atoms with Crippen LogP contribution in [-0.4, -0.2) is 21.5 Å². The normalized spacial score (nSPS) is 12.8. The van der Waals surface area contributed by atoms with Crippen LogP contribution in [0.3, 0.4) is 0 Å². The van der Waals surface area contributed by atoms with E-state index in [4.69, 9.17) is 11.6 Å². The van der Waals surface area contributed by atoms with Gasteiger partial charge in [-0.25, -0.2) is 0 Å². The maximum Gasteiger partial charge on any atom is 0.278 e. The second-order valence-electron chi connectivity index (χ2n) is 7.42. The second-order valence-corrected chi connectivity index (χ2v) is 7.86. The van der Waals surface area contributed by atoms with Crippen LogP contribution in [0.4, 0.5) is 0 Å². The first-order valence-electron chi connectivity index (χ1n) is 8.37. The van der Waals surface area contributed by atoms with Gasteiger partial charge in [0.1, 0.15) is 5.69 Å². The Balaban J connectivity index is 1.96. The van der Waals surface area contributed by atoms with E-state index in [1.54, 1.807) is 30.3 Å². The number of benzene rings is 2. The van der Waals surface area contributed by atoms with Gasteiger partial charge in [-0.15, -0.1) is 0 Å². The van der Waals surface area contributed by atoms with Crippen molar-refractivity contribution in [2.24, 2.45) is 0 Å². The van der Waals surface area contributed by atoms with Crippen LogP contribution in [0.2, 0.25) is 5.02 Å². The van der Waals surface area contributed by atoms with Crippen LogP contribution in [0.1, 0.15) is 52.7 Å². The van der Waals surface area contributed by atoms with Crippen molar-refractivity contribution in [1.29, 1.82) is 0 Å². The maximum atomic E-state index is 13.1. The Morgan fingerprint density at radius 3 is 2.23 bits per heavy atom. The van der Waals surface area contributed by atoms with Gasteiger partial charge in [-0.1, -0.05) is 56.6 Å². The molecule has 26 heavy (non-hydrogen) atoms. The minimum absolute atomic E-state index is 0.0734. The van der Waals surface area contributed by atoms with Gasteiger partial charge in [-0.3, -0.25) is 9.59 Å². The Morgan fingerprint density at radius 2 is 1.62 bits per heavy atom. The molecule has 5 heteroatoms. The lowest BCUT2D eigenvalue weighted by Crippen LogP contribution is -2.26. The van der Waals surface area contributed by atoms with Gasteiger partial charge >= 0.3 is 0 Å². The fraction of sp³-hybridized carbons (Fsp3) is 0.190. The molecule has 4 rings (SSSR count). The lowest BCUT2D eigenvalue weighted by atomic mass is 9.87. The predicted octanol–water partition coefficient (Wildman–Crippen LogP) is 4.73. The van der Waals surface area contributed by atoms with Crippen molar-refractivity contribution in [2.75, 3.05) is 0 Å². The highest BCUT2D eigenvalue weighted by atomic mass is 35.5. The molecule has 0 spiro atoms. The molecule has 0 bridgehead atoms. The Labute approximate surface area is 156 Å². The molecule has 0 unspecified atom stereocenters. The summed E-state index contributed by atoms with van der Waals surface area (Å²) in [6.07, 6.45) is 0. The van der Waals surface area contributed by atoms with Crippen molar-refractivity contribution < 1.29 is 9.59 Å². The number of nitrogens with zero attached hydrogens (tertiary/aromatic N) is 2. The van der Waals surface area contributed by atoms with Crippen molar-refractivity contribution in [2.45, 2.75) is 26.2 Å². The lowest BCUT2D eigenvalue weighted by Gasteiger charge is -2.21. The van der Waals surface area contributed by atoms with Crippen LogP contribution in [0.15, 0.2) is 48.5 Å². The molecule has 0 saturated carbocycles. The van der Waals surface area contributed by atoms with E-state index in [0.717, 1.165) is 5.56 Å². The van der Waals surface area contributed by atoms with E-state index in [1.807, 2.05) is 39.0 Å². The van der Waals surface area contributed by atoms with Crippen molar-refractivity contribution in [3.05, 3.63) is 75.9 Å². The third-order valence-electron chi connectivity index (χ3n) is 4.53. The predicted molar refractivity (Wildman–Crippen MR) is 101 cm³/mol. The topological polar surface area (TPSA) is 52.0 Å². The molecule has 0 atom stereocenters. The Kier molecular flexibility index (Phi) is 3.63. The van der Waals surface area contributed by atoms with E-state index < -0.39 is 5.41 Å². The highest BCUT2D eigenvalue weighted by Gasteiger charge is 2.39. The summed E-state index contributed by atoms with van der Waals surface area (Å²) in [6, 6.07) is 14.1. The summed E-state index contributed by atoms with van der Waals surface area (Å²) in [6.45, 7) is 5.94. The minimum atomic E-state index is -0.430. The minimum Gasteiger partial charge on any atom is -0.288 e. The average molecular weight is 365 g/mol. The average Bonchev–Trinajstić information content (AvgIpc) is 3.12. The number of hydrogen-bond donors (Lipinski definition) is 0. The fourth-order valence-corrected chi connectivity index (χ4v) is 3.52. The summed E-state index contributed by atoms with van der Waals surface area (Å²) in [5, 5.41) is 5.12. The number of carbonyl (C=O) groups excluding carboxylic acids is 2. The first-order valence-corrected chi connectivity index (χ1v) is 8.74. The number of ketones is 1. The molecular formula is C21H17ClN2O2. The van der Waals surface area contributed by atoms with Crippen LogP contribution >= 0.6 is 11.6 Å². The van der Waals surface area contributed by atoms with E-state index in [1.165, 1.54) is 4.68 Å². The van der Waals surface area contributed by atoms with Crippen LogP contribution in [0, 0.1) is 0 Å². The van der Waals surface area contributed by atoms with Gasteiger partial charge in [0.2, 0.25) is 0 Å². The maximum absolute atomic E-state index is 13.1. The summed E-state index contributed by atoms with van der Waals surface area (Å²) < 4.78 is 1.38. The van der Waals surface area contributed by atoms with Crippen molar-refractivity contribution in [3.8, 4) is 11.3 Å². The van der Waals surface area contributed by atoms with Crippen LogP contribution in [0.5, 0.6) is 0 Å². The molecule has 4 nitrogen and oxygen atoms in total. The number of fused-ring (bicyclic) bond motifs is 3. The summed E-state index contributed by atoms with van der Waals surface area (Å²) in [5.74, 6) is -0.345. The van der Waals surface area contributed by atoms with Gasteiger partial charge in [-0.2, -0.15) is 9.78 Å². The van der Waals surface area contributed by atoms with Gasteiger partial charge in [0, 0.05) is 27.1 Å². The van der Waals surface area contributed by atoms with E-state index in [0.29, 0.717) is 33.1 Å². The van der Waals surface area contributed by atoms with E-state index in [-0.39, 0.29) is 11.7 Å². The number of aromatic nitrogens is 2. The molecule has 1 aliphatic carbocycles. The third kappa shape index (κ3) is 2.41. The molecule has 0 radical (unpaired) electrons. The van der Waals surface area contributed by atoms with Crippen LogP contribution in [0.25, 0.3) is 11.3 Å². The number of halogens is 1. The molecule has 1 aliphatic rings. The summed E-state index contributed by atoms with van der Waals surface area (Å²) in [7, 11) is 0. The van der Waals surface area contributed by atoms with Gasteiger partial charge in [-0.05, 0) is 24.3 Å². The molecule has 2 aromatic carbocycles. The summed E-state index contributed by atoms with van der Waals surface area (Å²) >= 11 is 5.92. The first kappa shape index (κ1) is 16.7. The van der Waals surface area contributed by atoms with Crippen molar-refractivity contribution in [3.63, 3.8) is 0 Å². The van der Waals surface area contributed by atoms with Crippen LogP contribution < -0.4 is 0 Å². The highest BCUT2D eigenvalue weighted by Crippen LogP contribution is 2.41. The number of hydrogen-bond acceptors (Lipinski definition) is 3. The molecule has 0 amide bonds. The zero-order valence-corrected chi connectivity index (χ0v) is 15.5. The Hall–Kier alpha value is -2.72. The van der Waals surface area contributed by atoms with Crippen molar-refractivity contribution >= 4 is 23.3 Å². The van der Waals surface area contributed by atoms with Crippen molar-refractivity contribution in [1.82, 2.24) is 9.78 Å². The quantitative estimate of drug-likeness (QED) is 0.490. The molecular weight excluding hydrogens is 348 g/mol. The van der Waals surface area contributed by atoms with E-state index in [9.17, 15) is 9.59 Å². The molecule has 1 aromatic heterocycles. The number of rotatable bonds is 1. The van der Waals surface area contributed by atoms with Gasteiger partial charge in [0.15, 0.2) is 5.78 Å². The molecule has 0 N–H and O–H groups in total. The molecule has 1 heterocycles. The Bertz CT molecular complexity index is 1060. The lowest BCUT2D eigenvalue weighted by molar-refractivity contribution is 0.0937. The number of carbonyl (C=O) groups is 2. The van der Waals surface area contributed by atoms with Gasteiger partial charge in [0.25, 0.3) is 5.91 Å². The summed E-state index contributed by atoms with van der Waals surface area (Å²) in [5.41, 5.74) is 3.21. The highest BCUT2D eigenvalue weighted by molar-refractivity contribution is 6.30. The molecule has 130 valence electrons. The SMILES string of the molecule is CC(C)(C)c1c2c(nn1C(=O)c1ccc(Cl)cc1)-c1ccccc1C2=O.